The molecule has 10 rings (SSSR count). The maximum Gasteiger partial charge on any atom is 0.244 e. The number of nitrogens with zero attached hydrogens (tertiary/aromatic N) is 6. The number of likely N-dealkylation sites (tertiary alicyclic amines) is 1. The van der Waals surface area contributed by atoms with Crippen LogP contribution in [0.2, 0.25) is 0 Å². The van der Waals surface area contributed by atoms with Gasteiger partial charge in [-0.15, -0.1) is 0 Å². The summed E-state index contributed by atoms with van der Waals surface area (Å²) in [6.45, 7) is 9.17. The molecule has 358 valence electrons. The third-order valence-electron chi connectivity index (χ3n) is 15.6. The van der Waals surface area contributed by atoms with Gasteiger partial charge in [-0.3, -0.25) is 19.4 Å². The number of ether oxygens (including phenoxy) is 1. The number of benzene rings is 3. The molecule has 6 heterocycles. The van der Waals surface area contributed by atoms with Crippen molar-refractivity contribution in [2.75, 3.05) is 63.1 Å². The molecule has 4 aliphatic rings. The van der Waals surface area contributed by atoms with E-state index in [1.165, 1.54) is 17.3 Å². The average molecular weight is 924 g/mol. The lowest BCUT2D eigenvalue weighted by Gasteiger charge is -2.39. The van der Waals surface area contributed by atoms with E-state index in [2.05, 4.69) is 108 Å². The number of amides is 1. The van der Waals surface area contributed by atoms with Crippen LogP contribution < -0.4 is 15.5 Å². The number of fused-ring (bicyclic) bond motifs is 2. The van der Waals surface area contributed by atoms with Gasteiger partial charge in [0, 0.05) is 87.9 Å². The number of aliphatic hydroxyl groups is 1. The standard InChI is InChI=1S/C54H66FN9O4/c1-34(49-31-43-42(18-21-56-53(43)61(49)2)40-12-14-45-47(29-40)59-51(58-45)33-68-3)63-22-19-38(20-23-63)37-8-10-39(11-9-37)50(65)28-35-4-6-36(7-5-35)32-62-24-26-64(27-25-62)48-16-13-41(30-44(48)55)57-46-15-17-52(66)60-54(46)67/h8-14,16,18,21,29-31,34-36,38,46,52,57,66H,4-7,15,17,19-20,22-28,32-33H2,1-3H3,(H,58,59)(H,60,67)/t34-,35?,36?,46?,52?/m0/s1. The molecule has 68 heavy (non-hydrogen) atoms. The van der Waals surface area contributed by atoms with Crippen molar-refractivity contribution in [1.82, 2.24) is 34.6 Å². The number of aromatic amines is 1. The van der Waals surface area contributed by atoms with Gasteiger partial charge in [0.25, 0.3) is 0 Å². The van der Waals surface area contributed by atoms with Gasteiger partial charge in [-0.05, 0) is 148 Å². The average Bonchev–Trinajstić information content (AvgIpc) is 3.93. The van der Waals surface area contributed by atoms with Crippen LogP contribution in [0.25, 0.3) is 33.2 Å². The third kappa shape index (κ3) is 9.92. The highest BCUT2D eigenvalue weighted by molar-refractivity contribution is 5.97. The summed E-state index contributed by atoms with van der Waals surface area (Å²) in [6.07, 6.45) is 9.32. The molecule has 4 N–H and O–H groups in total. The molecule has 14 heteroatoms. The number of aromatic nitrogens is 4. The van der Waals surface area contributed by atoms with Crippen LogP contribution in [0.5, 0.6) is 0 Å². The van der Waals surface area contributed by atoms with Gasteiger partial charge in [-0.1, -0.05) is 30.3 Å². The van der Waals surface area contributed by atoms with Crippen molar-refractivity contribution in [2.45, 2.75) is 95.5 Å². The summed E-state index contributed by atoms with van der Waals surface area (Å²) in [5.41, 5.74) is 9.80. The summed E-state index contributed by atoms with van der Waals surface area (Å²) in [6, 6.07) is 24.2. The Morgan fingerprint density at radius 1 is 0.897 bits per heavy atom. The Bertz CT molecular complexity index is 2730. The van der Waals surface area contributed by atoms with E-state index in [4.69, 9.17) is 9.72 Å². The molecule has 0 spiro atoms. The minimum absolute atomic E-state index is 0.241. The highest BCUT2D eigenvalue weighted by atomic mass is 19.1. The Hall–Kier alpha value is -5.67. The number of Topliss-reactive ketones (excluding diaryl/α,β-unsaturated/α-hetero) is 1. The van der Waals surface area contributed by atoms with Gasteiger partial charge in [-0.25, -0.2) is 14.4 Å². The van der Waals surface area contributed by atoms with Gasteiger partial charge in [-0.2, -0.15) is 0 Å². The number of carbonyl (C=O) groups is 2. The summed E-state index contributed by atoms with van der Waals surface area (Å²) in [4.78, 5) is 45.8. The fraction of sp³-hybridized carbons (Fsp3) is 0.481. The van der Waals surface area contributed by atoms with E-state index in [1.54, 1.807) is 13.2 Å². The van der Waals surface area contributed by atoms with Gasteiger partial charge in [0.1, 0.15) is 36.2 Å². The number of hydrogen-bond acceptors (Lipinski definition) is 10. The zero-order chi connectivity index (χ0) is 46.9. The number of piperazine rings is 1. The third-order valence-corrected chi connectivity index (χ3v) is 15.6. The number of aryl methyl sites for hydroxylation is 1. The van der Waals surface area contributed by atoms with E-state index in [9.17, 15) is 14.7 Å². The first-order chi connectivity index (χ1) is 33.1. The van der Waals surface area contributed by atoms with Crippen LogP contribution in [-0.4, -0.2) is 111 Å². The number of aliphatic hydroxyl groups excluding tert-OH is 1. The fourth-order valence-electron chi connectivity index (χ4n) is 11.6. The molecular weight excluding hydrogens is 858 g/mol. The summed E-state index contributed by atoms with van der Waals surface area (Å²) in [5, 5.41) is 16.4. The van der Waals surface area contributed by atoms with Crippen molar-refractivity contribution >= 4 is 45.1 Å². The molecule has 4 fully saturated rings. The molecule has 2 unspecified atom stereocenters. The molecule has 0 radical (unpaired) electrons. The van der Waals surface area contributed by atoms with Crippen LogP contribution in [0, 0.1) is 17.7 Å². The molecule has 3 aromatic heterocycles. The molecule has 1 aliphatic carbocycles. The number of ketones is 1. The number of pyridine rings is 1. The zero-order valence-electron chi connectivity index (χ0n) is 39.7. The first-order valence-electron chi connectivity index (χ1n) is 24.9. The largest absolute Gasteiger partial charge is 0.377 e. The van der Waals surface area contributed by atoms with E-state index in [-0.39, 0.29) is 23.5 Å². The SMILES string of the molecule is COCc1nc2ccc(-c3ccnc4c3cc([C@H](C)N3CCC(c5ccc(C(=O)CC6CCC(CN7CCN(c8ccc(NC9CCC(O)NC9=O)cc8F)CC7)CC6)cc5)CC3)n4C)cc2[nH]1. The topological polar surface area (TPSA) is 144 Å². The number of nitrogens with one attached hydrogen (secondary N) is 3. The quantitative estimate of drug-likeness (QED) is 0.0785. The van der Waals surface area contributed by atoms with Crippen molar-refractivity contribution in [2.24, 2.45) is 18.9 Å². The maximum atomic E-state index is 15.3. The molecule has 1 saturated carbocycles. The zero-order valence-corrected chi connectivity index (χ0v) is 39.7. The first-order valence-corrected chi connectivity index (χ1v) is 24.9. The Labute approximate surface area is 398 Å². The second-order valence-corrected chi connectivity index (χ2v) is 19.9. The fourth-order valence-corrected chi connectivity index (χ4v) is 11.6. The summed E-state index contributed by atoms with van der Waals surface area (Å²) >= 11 is 0. The van der Waals surface area contributed by atoms with Crippen molar-refractivity contribution in [3.05, 3.63) is 107 Å². The van der Waals surface area contributed by atoms with Crippen LogP contribution in [0.4, 0.5) is 15.8 Å². The van der Waals surface area contributed by atoms with Gasteiger partial charge >= 0.3 is 0 Å². The number of H-pyrrole nitrogens is 1. The van der Waals surface area contributed by atoms with Crippen LogP contribution in [-0.2, 0) is 23.2 Å². The Morgan fingerprint density at radius 3 is 2.40 bits per heavy atom. The van der Waals surface area contributed by atoms with E-state index >= 15 is 4.39 Å². The Balaban J connectivity index is 0.661. The summed E-state index contributed by atoms with van der Waals surface area (Å²) in [7, 11) is 3.81. The predicted molar refractivity (Wildman–Crippen MR) is 265 cm³/mol. The molecule has 3 saturated heterocycles. The van der Waals surface area contributed by atoms with Crippen molar-refractivity contribution in [3.63, 3.8) is 0 Å². The lowest BCUT2D eigenvalue weighted by atomic mass is 9.79. The molecule has 0 bridgehead atoms. The van der Waals surface area contributed by atoms with Crippen molar-refractivity contribution in [1.29, 1.82) is 0 Å². The van der Waals surface area contributed by atoms with Gasteiger partial charge in [0.2, 0.25) is 5.91 Å². The molecule has 1 amide bonds. The van der Waals surface area contributed by atoms with Gasteiger partial charge in [0.05, 0.1) is 16.7 Å². The number of hydrogen-bond donors (Lipinski definition) is 4. The Kier molecular flexibility index (Phi) is 13.6. The molecule has 3 aromatic carbocycles. The number of anilines is 2. The monoisotopic (exact) mass is 924 g/mol. The second kappa shape index (κ2) is 20.1. The van der Waals surface area contributed by atoms with Crippen LogP contribution in [0.15, 0.2) is 79.0 Å². The highest BCUT2D eigenvalue weighted by Crippen LogP contribution is 2.38. The normalized spacial score (nSPS) is 22.7. The van der Waals surface area contributed by atoms with Crippen molar-refractivity contribution in [3.8, 4) is 11.1 Å². The number of piperidine rings is 2. The van der Waals surface area contributed by atoms with E-state index in [0.717, 1.165) is 129 Å². The maximum absolute atomic E-state index is 15.3. The number of carbonyl (C=O) groups excluding carboxylic acids is 2. The summed E-state index contributed by atoms with van der Waals surface area (Å²) < 4.78 is 22.8. The van der Waals surface area contributed by atoms with E-state index in [0.29, 0.717) is 55.0 Å². The van der Waals surface area contributed by atoms with Crippen molar-refractivity contribution < 1.29 is 23.8 Å². The number of imidazole rings is 1. The molecule has 3 aliphatic heterocycles. The second-order valence-electron chi connectivity index (χ2n) is 19.9. The molecule has 3 atom stereocenters. The lowest BCUT2D eigenvalue weighted by molar-refractivity contribution is -0.127. The number of rotatable bonds is 14. The molecule has 6 aromatic rings. The Morgan fingerprint density at radius 2 is 1.66 bits per heavy atom. The molecule has 13 nitrogen and oxygen atoms in total. The number of halogens is 1. The lowest BCUT2D eigenvalue weighted by Crippen LogP contribution is -2.49. The van der Waals surface area contributed by atoms with E-state index in [1.807, 2.05) is 12.3 Å². The van der Waals surface area contributed by atoms with Gasteiger partial charge in [0.15, 0.2) is 5.78 Å². The minimum atomic E-state index is -0.816. The first kappa shape index (κ1) is 46.1. The van der Waals surface area contributed by atoms with Crippen LogP contribution in [0.3, 0.4) is 0 Å². The van der Waals surface area contributed by atoms with Crippen LogP contribution >= 0.6 is 0 Å². The highest BCUT2D eigenvalue weighted by Gasteiger charge is 2.31. The number of methoxy groups -OCH3 is 1. The smallest absolute Gasteiger partial charge is 0.244 e. The van der Waals surface area contributed by atoms with E-state index < -0.39 is 12.3 Å². The van der Waals surface area contributed by atoms with Gasteiger partial charge < -0.3 is 34.9 Å². The van der Waals surface area contributed by atoms with Crippen LogP contribution in [0.1, 0.15) is 104 Å². The predicted octanol–water partition coefficient (Wildman–Crippen LogP) is 8.55. The minimum Gasteiger partial charge on any atom is -0.377 e. The molecular formula is C54H66FN9O4. The summed E-state index contributed by atoms with van der Waals surface area (Å²) in [5.74, 6) is 2.07.